The summed E-state index contributed by atoms with van der Waals surface area (Å²) in [6, 6.07) is 0. The van der Waals surface area contributed by atoms with E-state index >= 15 is 0 Å². The highest BCUT2D eigenvalue weighted by Gasteiger charge is 2.19. The Morgan fingerprint density at radius 2 is 0.600 bits per heavy atom. The van der Waals surface area contributed by atoms with E-state index in [4.69, 9.17) is 14.2 Å². The van der Waals surface area contributed by atoms with Crippen LogP contribution in [0.5, 0.6) is 0 Å². The lowest BCUT2D eigenvalue weighted by atomic mass is 10.0. The van der Waals surface area contributed by atoms with E-state index in [1.807, 2.05) is 0 Å². The molecule has 0 heterocycles. The first-order valence-electron chi connectivity index (χ1n) is 27.1. The van der Waals surface area contributed by atoms with Crippen molar-refractivity contribution < 1.29 is 28.6 Å². The van der Waals surface area contributed by atoms with Crippen molar-refractivity contribution in [2.24, 2.45) is 0 Å². The van der Waals surface area contributed by atoms with E-state index in [0.717, 1.165) is 103 Å². The summed E-state index contributed by atoms with van der Waals surface area (Å²) in [4.78, 5) is 37.7. The van der Waals surface area contributed by atoms with E-state index in [2.05, 4.69) is 106 Å². The molecule has 0 aliphatic heterocycles. The quantitative estimate of drug-likeness (QED) is 0.0262. The first-order valence-corrected chi connectivity index (χ1v) is 27.1. The molecule has 0 aromatic rings. The topological polar surface area (TPSA) is 78.9 Å². The number of allylic oxidation sites excluding steroid dienone is 14. The summed E-state index contributed by atoms with van der Waals surface area (Å²) >= 11 is 0. The summed E-state index contributed by atoms with van der Waals surface area (Å²) in [5, 5.41) is 0. The third-order valence-electron chi connectivity index (χ3n) is 11.4. The minimum atomic E-state index is -0.794. The molecule has 0 radical (unpaired) electrons. The fourth-order valence-electron chi connectivity index (χ4n) is 7.32. The van der Waals surface area contributed by atoms with Gasteiger partial charge in [-0.1, -0.05) is 221 Å². The van der Waals surface area contributed by atoms with Crippen LogP contribution in [0.15, 0.2) is 85.1 Å². The molecule has 0 aromatic carbocycles. The van der Waals surface area contributed by atoms with Crippen molar-refractivity contribution in [2.45, 2.75) is 258 Å². The average molecular weight is 905 g/mol. The lowest BCUT2D eigenvalue weighted by Gasteiger charge is -2.18. The average Bonchev–Trinajstić information content (AvgIpc) is 3.30. The SMILES string of the molecule is CC/C=C\C/C=C\C/C=C\C/C=C\CCCCC(=O)OC(COC(=O)CCCCCCC)COC(=O)CCCCCCCCCCCCCC/C=C\C/C=C\C/C=C\CCCCCCC. The van der Waals surface area contributed by atoms with Gasteiger partial charge in [0.15, 0.2) is 6.10 Å². The van der Waals surface area contributed by atoms with Crippen molar-refractivity contribution in [3.8, 4) is 0 Å². The molecule has 0 saturated carbocycles. The third-order valence-corrected chi connectivity index (χ3v) is 11.4. The van der Waals surface area contributed by atoms with Crippen molar-refractivity contribution in [2.75, 3.05) is 13.2 Å². The number of rotatable bonds is 48. The normalized spacial score (nSPS) is 12.7. The van der Waals surface area contributed by atoms with Crippen molar-refractivity contribution in [3.63, 3.8) is 0 Å². The summed E-state index contributed by atoms with van der Waals surface area (Å²) in [7, 11) is 0. The molecule has 65 heavy (non-hydrogen) atoms. The van der Waals surface area contributed by atoms with Gasteiger partial charge in [-0.3, -0.25) is 14.4 Å². The van der Waals surface area contributed by atoms with E-state index < -0.39 is 6.10 Å². The molecule has 0 aliphatic carbocycles. The van der Waals surface area contributed by atoms with E-state index in [9.17, 15) is 14.4 Å². The Balaban J connectivity index is 4.11. The van der Waals surface area contributed by atoms with Gasteiger partial charge >= 0.3 is 17.9 Å². The van der Waals surface area contributed by atoms with Crippen LogP contribution in [-0.2, 0) is 28.6 Å². The Hall–Kier alpha value is -3.41. The number of unbranched alkanes of at least 4 members (excludes halogenated alkanes) is 23. The van der Waals surface area contributed by atoms with Crippen molar-refractivity contribution in [1.82, 2.24) is 0 Å². The van der Waals surface area contributed by atoms with Gasteiger partial charge in [0, 0.05) is 19.3 Å². The van der Waals surface area contributed by atoms with Crippen LogP contribution >= 0.6 is 0 Å². The van der Waals surface area contributed by atoms with Crippen LogP contribution in [0.1, 0.15) is 252 Å². The molecule has 6 heteroatoms. The zero-order chi connectivity index (χ0) is 47.2. The van der Waals surface area contributed by atoms with E-state index in [-0.39, 0.29) is 37.5 Å². The third kappa shape index (κ3) is 51.4. The predicted molar refractivity (Wildman–Crippen MR) is 279 cm³/mol. The second-order valence-corrected chi connectivity index (χ2v) is 17.8. The Labute approximate surface area is 401 Å². The van der Waals surface area contributed by atoms with Gasteiger partial charge in [0.2, 0.25) is 0 Å². The highest BCUT2D eigenvalue weighted by molar-refractivity contribution is 5.71. The molecule has 0 aliphatic rings. The molecular formula is C59H100O6. The van der Waals surface area contributed by atoms with E-state index in [0.29, 0.717) is 19.3 Å². The number of hydrogen-bond acceptors (Lipinski definition) is 6. The maximum absolute atomic E-state index is 12.7. The Bertz CT molecular complexity index is 1270. The molecule has 0 aromatic heterocycles. The fraction of sp³-hybridized carbons (Fsp3) is 0.712. The molecule has 372 valence electrons. The lowest BCUT2D eigenvalue weighted by molar-refractivity contribution is -0.167. The van der Waals surface area contributed by atoms with Crippen LogP contribution in [0.25, 0.3) is 0 Å². The van der Waals surface area contributed by atoms with Crippen LogP contribution in [0.3, 0.4) is 0 Å². The largest absolute Gasteiger partial charge is 0.462 e. The van der Waals surface area contributed by atoms with Crippen molar-refractivity contribution in [1.29, 1.82) is 0 Å². The van der Waals surface area contributed by atoms with Gasteiger partial charge in [-0.25, -0.2) is 0 Å². The Kier molecular flexibility index (Phi) is 50.4. The van der Waals surface area contributed by atoms with Gasteiger partial charge in [-0.2, -0.15) is 0 Å². The first kappa shape index (κ1) is 61.6. The summed E-state index contributed by atoms with van der Waals surface area (Å²) < 4.78 is 16.6. The maximum Gasteiger partial charge on any atom is 0.306 e. The van der Waals surface area contributed by atoms with Gasteiger partial charge in [-0.15, -0.1) is 0 Å². The fourth-order valence-corrected chi connectivity index (χ4v) is 7.32. The van der Waals surface area contributed by atoms with Gasteiger partial charge < -0.3 is 14.2 Å². The molecule has 0 fully saturated rings. The van der Waals surface area contributed by atoms with E-state index in [1.165, 1.54) is 103 Å². The smallest absolute Gasteiger partial charge is 0.306 e. The number of hydrogen-bond donors (Lipinski definition) is 0. The van der Waals surface area contributed by atoms with Gasteiger partial charge in [-0.05, 0) is 96.3 Å². The van der Waals surface area contributed by atoms with Crippen LogP contribution in [-0.4, -0.2) is 37.2 Å². The molecular weight excluding hydrogens is 805 g/mol. The summed E-state index contributed by atoms with van der Waals surface area (Å²) in [5.74, 6) is -0.953. The second kappa shape index (κ2) is 53.2. The molecule has 0 spiro atoms. The summed E-state index contributed by atoms with van der Waals surface area (Å²) in [5.41, 5.74) is 0. The zero-order valence-electron chi connectivity index (χ0n) is 42.5. The zero-order valence-corrected chi connectivity index (χ0v) is 42.5. The molecule has 1 atom stereocenters. The minimum absolute atomic E-state index is 0.0942. The maximum atomic E-state index is 12.7. The number of carbonyl (C=O) groups is 3. The van der Waals surface area contributed by atoms with Crippen LogP contribution in [0.2, 0.25) is 0 Å². The summed E-state index contributed by atoms with van der Waals surface area (Å²) in [6.07, 6.45) is 69.1. The monoisotopic (exact) mass is 905 g/mol. The Morgan fingerprint density at radius 3 is 0.969 bits per heavy atom. The van der Waals surface area contributed by atoms with E-state index in [1.54, 1.807) is 0 Å². The summed E-state index contributed by atoms with van der Waals surface area (Å²) in [6.45, 7) is 6.39. The molecule has 6 nitrogen and oxygen atoms in total. The molecule has 0 N–H and O–H groups in total. The second-order valence-electron chi connectivity index (χ2n) is 17.8. The molecule has 1 unspecified atom stereocenters. The van der Waals surface area contributed by atoms with Crippen molar-refractivity contribution in [3.05, 3.63) is 85.1 Å². The van der Waals surface area contributed by atoms with Gasteiger partial charge in [0.05, 0.1) is 0 Å². The Morgan fingerprint density at radius 1 is 0.323 bits per heavy atom. The highest BCUT2D eigenvalue weighted by Crippen LogP contribution is 2.15. The lowest BCUT2D eigenvalue weighted by Crippen LogP contribution is -2.30. The standard InChI is InChI=1S/C59H100O6/c1-4-7-10-13-15-17-19-21-23-24-25-26-27-28-29-30-31-32-33-34-36-37-39-41-43-46-49-52-58(61)64-55-56(54-63-57(60)51-48-45-12-9-6-3)65-59(62)53-50-47-44-42-40-38-35-22-20-18-16-14-11-8-5-2/h8,11,16,18-19,21-22,24-25,27-28,35,40,42,56H,4-7,9-10,12-15,17,20,23,26,29-34,36-39,41,43-55H2,1-3H3/b11-8-,18-16-,21-19-,25-24-,28-27-,35-22-,42-40-. The molecule has 0 bridgehead atoms. The highest BCUT2D eigenvalue weighted by atomic mass is 16.6. The van der Waals surface area contributed by atoms with Crippen molar-refractivity contribution >= 4 is 17.9 Å². The molecule has 0 saturated heterocycles. The van der Waals surface area contributed by atoms with Gasteiger partial charge in [0.25, 0.3) is 0 Å². The van der Waals surface area contributed by atoms with Crippen LogP contribution < -0.4 is 0 Å². The first-order chi connectivity index (χ1) is 32.0. The minimum Gasteiger partial charge on any atom is -0.462 e. The van der Waals surface area contributed by atoms with Gasteiger partial charge in [0.1, 0.15) is 13.2 Å². The number of esters is 3. The number of ether oxygens (including phenoxy) is 3. The number of carbonyl (C=O) groups excluding carboxylic acids is 3. The molecule has 0 rings (SSSR count). The van der Waals surface area contributed by atoms with Crippen LogP contribution in [0, 0.1) is 0 Å². The van der Waals surface area contributed by atoms with Crippen LogP contribution in [0.4, 0.5) is 0 Å². The molecule has 0 amide bonds. The predicted octanol–water partition coefficient (Wildman–Crippen LogP) is 18.0.